The van der Waals surface area contributed by atoms with Crippen molar-refractivity contribution in [2.24, 2.45) is 35.5 Å². The van der Waals surface area contributed by atoms with Gasteiger partial charge in [0.15, 0.2) is 0 Å². The number of alkyl halides is 3. The summed E-state index contributed by atoms with van der Waals surface area (Å²) in [5, 5.41) is 10.4. The summed E-state index contributed by atoms with van der Waals surface area (Å²) in [6.07, 6.45) is 9.04. The van der Waals surface area contributed by atoms with Crippen LogP contribution in [0.5, 0.6) is 0 Å². The number of hydrogen-bond acceptors (Lipinski definition) is 4. The molecule has 2 aliphatic carbocycles. The first kappa shape index (κ1) is 27.8. The fourth-order valence-corrected chi connectivity index (χ4v) is 5.74. The predicted molar refractivity (Wildman–Crippen MR) is 134 cm³/mol. The standard InChI is InChI=1S/C29H34F3NO3/c1-4-6-25(36)15-20-13-21(28(19(3)35)23(14-20)17-34)9-11-24-12-10-22(16-33-24)26-7-5-8-27(18(26)2)29(30,31)32/h4-5,7-12,16-21,23,27-28,35H,1,6,13-15H2,2-3H3/b11-9+/t18?,19-,20-,21+,23+,27?,28+/m1/s1. The smallest absolute Gasteiger partial charge is 0.393 e. The van der Waals surface area contributed by atoms with Gasteiger partial charge in [-0.1, -0.05) is 43.4 Å². The molecular formula is C29H34F3NO3. The van der Waals surface area contributed by atoms with Crippen LogP contribution in [-0.4, -0.2) is 34.4 Å². The van der Waals surface area contributed by atoms with E-state index in [0.29, 0.717) is 42.5 Å². The zero-order valence-electron chi connectivity index (χ0n) is 20.7. The third-order valence-corrected chi connectivity index (χ3v) is 7.46. The molecule has 1 saturated carbocycles. The summed E-state index contributed by atoms with van der Waals surface area (Å²) in [5.41, 5.74) is 1.85. The Morgan fingerprint density at radius 2 is 2.00 bits per heavy atom. The van der Waals surface area contributed by atoms with E-state index < -0.39 is 24.1 Å². The van der Waals surface area contributed by atoms with Gasteiger partial charge >= 0.3 is 6.18 Å². The number of aldehydes is 1. The lowest BCUT2D eigenvalue weighted by Crippen LogP contribution is -2.39. The van der Waals surface area contributed by atoms with Crippen LogP contribution in [0.2, 0.25) is 0 Å². The molecule has 1 heterocycles. The molecule has 2 aliphatic rings. The van der Waals surface area contributed by atoms with Gasteiger partial charge in [-0.25, -0.2) is 0 Å². The van der Waals surface area contributed by atoms with Crippen molar-refractivity contribution in [1.82, 2.24) is 4.98 Å². The van der Waals surface area contributed by atoms with Crippen molar-refractivity contribution in [2.45, 2.75) is 51.8 Å². The first-order chi connectivity index (χ1) is 17.0. The Morgan fingerprint density at radius 1 is 1.28 bits per heavy atom. The molecule has 0 spiro atoms. The van der Waals surface area contributed by atoms with E-state index in [4.69, 9.17) is 0 Å². The summed E-state index contributed by atoms with van der Waals surface area (Å²) >= 11 is 0. The van der Waals surface area contributed by atoms with Crippen LogP contribution in [0.15, 0.2) is 55.3 Å². The summed E-state index contributed by atoms with van der Waals surface area (Å²) in [6.45, 7) is 6.86. The number of pyridine rings is 1. The van der Waals surface area contributed by atoms with E-state index in [2.05, 4.69) is 11.6 Å². The van der Waals surface area contributed by atoms with Gasteiger partial charge in [0.2, 0.25) is 0 Å². The maximum Gasteiger partial charge on any atom is 0.395 e. The second-order valence-electron chi connectivity index (χ2n) is 10.0. The molecule has 7 atom stereocenters. The van der Waals surface area contributed by atoms with Crippen molar-refractivity contribution in [2.75, 3.05) is 0 Å². The van der Waals surface area contributed by atoms with E-state index >= 15 is 0 Å². The van der Waals surface area contributed by atoms with E-state index in [-0.39, 0.29) is 29.5 Å². The van der Waals surface area contributed by atoms with Crippen molar-refractivity contribution >= 4 is 23.7 Å². The fraction of sp³-hybridized carbons (Fsp3) is 0.483. The number of halogens is 3. The van der Waals surface area contributed by atoms with E-state index in [1.54, 1.807) is 44.3 Å². The minimum absolute atomic E-state index is 0.0435. The number of rotatable bonds is 9. The van der Waals surface area contributed by atoms with Gasteiger partial charge in [-0.2, -0.15) is 13.2 Å². The lowest BCUT2D eigenvalue weighted by atomic mass is 9.65. The molecule has 7 heteroatoms. The monoisotopic (exact) mass is 501 g/mol. The van der Waals surface area contributed by atoms with Crippen LogP contribution in [0.25, 0.3) is 11.6 Å². The van der Waals surface area contributed by atoms with E-state index in [1.165, 1.54) is 12.2 Å². The number of aliphatic hydroxyl groups excluding tert-OH is 1. The van der Waals surface area contributed by atoms with Crippen LogP contribution in [-0.2, 0) is 9.59 Å². The summed E-state index contributed by atoms with van der Waals surface area (Å²) in [6, 6.07) is 3.52. The lowest BCUT2D eigenvalue weighted by molar-refractivity contribution is -0.168. The number of ketones is 1. The van der Waals surface area contributed by atoms with Gasteiger partial charge < -0.3 is 9.90 Å². The highest BCUT2D eigenvalue weighted by molar-refractivity contribution is 5.80. The van der Waals surface area contributed by atoms with E-state index in [0.717, 1.165) is 6.29 Å². The molecule has 1 aromatic heterocycles. The molecule has 0 radical (unpaired) electrons. The number of hydrogen-bond donors (Lipinski definition) is 1. The number of carbonyl (C=O) groups is 2. The average Bonchev–Trinajstić information content (AvgIpc) is 2.82. The second-order valence-corrected chi connectivity index (χ2v) is 10.0. The Hall–Kier alpha value is -2.80. The van der Waals surface area contributed by atoms with Crippen LogP contribution in [0, 0.1) is 35.5 Å². The van der Waals surface area contributed by atoms with Gasteiger partial charge in [0.25, 0.3) is 0 Å². The molecule has 194 valence electrons. The molecule has 1 N–H and O–H groups in total. The van der Waals surface area contributed by atoms with Crippen LogP contribution >= 0.6 is 0 Å². The summed E-state index contributed by atoms with van der Waals surface area (Å²) in [7, 11) is 0. The summed E-state index contributed by atoms with van der Waals surface area (Å²) in [4.78, 5) is 28.4. The van der Waals surface area contributed by atoms with Gasteiger partial charge in [0.1, 0.15) is 12.1 Å². The largest absolute Gasteiger partial charge is 0.395 e. The second kappa shape index (κ2) is 12.0. The number of aromatic nitrogens is 1. The molecule has 3 rings (SSSR count). The summed E-state index contributed by atoms with van der Waals surface area (Å²) < 4.78 is 40.0. The Morgan fingerprint density at radius 3 is 2.58 bits per heavy atom. The molecule has 2 unspecified atom stereocenters. The van der Waals surface area contributed by atoms with Crippen molar-refractivity contribution in [3.8, 4) is 0 Å². The van der Waals surface area contributed by atoms with Crippen molar-refractivity contribution in [1.29, 1.82) is 0 Å². The molecule has 0 aliphatic heterocycles. The zero-order chi connectivity index (χ0) is 26.5. The van der Waals surface area contributed by atoms with Crippen LogP contribution < -0.4 is 0 Å². The quantitative estimate of drug-likeness (QED) is 0.321. The first-order valence-electron chi connectivity index (χ1n) is 12.4. The van der Waals surface area contributed by atoms with Gasteiger partial charge in [-0.05, 0) is 60.8 Å². The fourth-order valence-electron chi connectivity index (χ4n) is 5.74. The third-order valence-electron chi connectivity index (χ3n) is 7.46. The van der Waals surface area contributed by atoms with Crippen molar-refractivity contribution in [3.05, 3.63) is 66.5 Å². The average molecular weight is 502 g/mol. The Bertz CT molecular complexity index is 1020. The number of aliphatic hydroxyl groups is 1. The number of allylic oxidation sites excluding steroid dienone is 6. The molecule has 1 fully saturated rings. The molecule has 0 aromatic carbocycles. The van der Waals surface area contributed by atoms with Crippen LogP contribution in [0.1, 0.15) is 50.8 Å². The third kappa shape index (κ3) is 6.69. The SMILES string of the molecule is C=CCC(=O)C[C@H]1C[C@@H](C=O)[C@@H]([C@@H](C)O)[C@@H](/C=C/c2ccc(C3=CC=CC(C(F)(F)F)C3C)cn2)C1. The van der Waals surface area contributed by atoms with Gasteiger partial charge in [-0.15, -0.1) is 6.58 Å². The molecular weight excluding hydrogens is 467 g/mol. The summed E-state index contributed by atoms with van der Waals surface area (Å²) in [5.74, 6) is -2.84. The number of nitrogens with zero attached hydrogens (tertiary/aromatic N) is 1. The van der Waals surface area contributed by atoms with E-state index in [1.807, 2.05) is 12.2 Å². The maximum absolute atomic E-state index is 13.3. The molecule has 0 saturated heterocycles. The lowest BCUT2D eigenvalue weighted by Gasteiger charge is -2.40. The van der Waals surface area contributed by atoms with E-state index in [9.17, 15) is 27.9 Å². The minimum Gasteiger partial charge on any atom is -0.393 e. The number of carbonyl (C=O) groups excluding carboxylic acids is 2. The van der Waals surface area contributed by atoms with Crippen LogP contribution in [0.4, 0.5) is 13.2 Å². The highest BCUT2D eigenvalue weighted by Gasteiger charge is 2.43. The zero-order valence-corrected chi connectivity index (χ0v) is 20.7. The Balaban J connectivity index is 1.77. The maximum atomic E-state index is 13.3. The topological polar surface area (TPSA) is 67.3 Å². The van der Waals surface area contributed by atoms with Crippen molar-refractivity contribution < 1.29 is 27.9 Å². The van der Waals surface area contributed by atoms with Crippen molar-refractivity contribution in [3.63, 3.8) is 0 Å². The Labute approximate surface area is 210 Å². The number of Topliss-reactive ketones (excluding diaryl/α,β-unsaturated/α-hetero) is 1. The van der Waals surface area contributed by atoms with Gasteiger partial charge in [-0.3, -0.25) is 9.78 Å². The minimum atomic E-state index is -4.31. The molecule has 0 amide bonds. The highest BCUT2D eigenvalue weighted by Crippen LogP contribution is 2.43. The highest BCUT2D eigenvalue weighted by atomic mass is 19.4. The first-order valence-corrected chi connectivity index (χ1v) is 12.4. The normalized spacial score (nSPS) is 29.6. The molecule has 4 nitrogen and oxygen atoms in total. The molecule has 0 bridgehead atoms. The molecule has 1 aromatic rings. The Kier molecular flexibility index (Phi) is 9.23. The van der Waals surface area contributed by atoms with Gasteiger partial charge in [0, 0.05) is 30.9 Å². The predicted octanol–water partition coefficient (Wildman–Crippen LogP) is 6.24. The van der Waals surface area contributed by atoms with Gasteiger partial charge in [0.05, 0.1) is 17.7 Å². The van der Waals surface area contributed by atoms with Crippen LogP contribution in [0.3, 0.4) is 0 Å². The molecule has 36 heavy (non-hydrogen) atoms.